The second kappa shape index (κ2) is 16.6. The van der Waals surface area contributed by atoms with Crippen LogP contribution in [0.1, 0.15) is 33.4 Å². The molecule has 2 nitrogen and oxygen atoms in total. The molecule has 1 aliphatic rings. The Morgan fingerprint density at radius 3 is 1.53 bits per heavy atom. The second-order valence-corrected chi connectivity index (χ2v) is 16.5. The van der Waals surface area contributed by atoms with Gasteiger partial charge < -0.3 is 9.64 Å². The molecule has 0 fully saturated rings. The lowest BCUT2D eigenvalue weighted by molar-refractivity contribution is 0.306. The van der Waals surface area contributed by atoms with Gasteiger partial charge in [-0.05, 0) is 132 Å². The quantitative estimate of drug-likeness (QED) is 0.129. The summed E-state index contributed by atoms with van der Waals surface area (Å²) in [5, 5.41) is 2.56. The molecule has 0 aliphatic heterocycles. The van der Waals surface area contributed by atoms with E-state index < -0.39 is 5.41 Å². The van der Waals surface area contributed by atoms with Gasteiger partial charge in [0.2, 0.25) is 0 Å². The number of fused-ring (bicyclic) bond motifs is 2. The van der Waals surface area contributed by atoms with Gasteiger partial charge in [-0.1, -0.05) is 201 Å². The van der Waals surface area contributed by atoms with E-state index in [0.29, 0.717) is 6.61 Å². The Hall–Kier alpha value is -8.20. The van der Waals surface area contributed by atoms with Crippen LogP contribution in [0.4, 0.5) is 17.1 Å². The second-order valence-electron chi connectivity index (χ2n) is 16.5. The van der Waals surface area contributed by atoms with Crippen molar-refractivity contribution in [3.05, 3.63) is 283 Å². The van der Waals surface area contributed by atoms with E-state index in [-0.39, 0.29) is 0 Å². The maximum Gasteiger partial charge on any atom is 0.119 e. The number of rotatable bonds is 11. The van der Waals surface area contributed by atoms with Crippen LogP contribution >= 0.6 is 0 Å². The fourth-order valence-electron chi connectivity index (χ4n) is 9.75. The van der Waals surface area contributed by atoms with Crippen molar-refractivity contribution in [1.82, 2.24) is 0 Å². The molecule has 304 valence electrons. The molecule has 0 spiro atoms. The first-order chi connectivity index (χ1) is 31.7. The van der Waals surface area contributed by atoms with Gasteiger partial charge in [-0.3, -0.25) is 0 Å². The lowest BCUT2D eigenvalue weighted by Gasteiger charge is -2.42. The van der Waals surface area contributed by atoms with Gasteiger partial charge in [0, 0.05) is 17.1 Å². The van der Waals surface area contributed by atoms with Crippen molar-refractivity contribution in [3.8, 4) is 39.1 Å². The third-order valence-electron chi connectivity index (χ3n) is 12.8. The van der Waals surface area contributed by atoms with Crippen LogP contribution in [-0.2, 0) is 12.0 Å². The first-order valence-electron chi connectivity index (χ1n) is 22.0. The van der Waals surface area contributed by atoms with Crippen molar-refractivity contribution >= 4 is 33.9 Å². The Morgan fingerprint density at radius 1 is 0.422 bits per heavy atom. The first kappa shape index (κ1) is 38.7. The predicted molar refractivity (Wildman–Crippen MR) is 268 cm³/mol. The molecule has 0 saturated heterocycles. The lowest BCUT2D eigenvalue weighted by atomic mass is 9.59. The van der Waals surface area contributed by atoms with Gasteiger partial charge >= 0.3 is 0 Å². The summed E-state index contributed by atoms with van der Waals surface area (Å²) < 4.78 is 6.24. The Bertz CT molecular complexity index is 3190. The summed E-state index contributed by atoms with van der Waals surface area (Å²) in [7, 11) is 0. The molecule has 0 heterocycles. The molecule has 1 aliphatic carbocycles. The molecule has 0 bridgehead atoms. The summed E-state index contributed by atoms with van der Waals surface area (Å²) in [4.78, 5) is 2.31. The highest BCUT2D eigenvalue weighted by Gasteiger charge is 2.44. The van der Waals surface area contributed by atoms with Crippen LogP contribution in [0.25, 0.3) is 50.2 Å². The fourth-order valence-corrected chi connectivity index (χ4v) is 9.75. The fraction of sp³-hybridized carbons (Fsp3) is 0.0323. The van der Waals surface area contributed by atoms with Crippen LogP contribution in [0.2, 0.25) is 0 Å². The maximum atomic E-state index is 6.24. The predicted octanol–water partition coefficient (Wildman–Crippen LogP) is 16.2. The average Bonchev–Trinajstić information content (AvgIpc) is 3.38. The monoisotopic (exact) mass is 819 g/mol. The highest BCUT2D eigenvalue weighted by Crippen LogP contribution is 2.56. The minimum atomic E-state index is -0.498. The SMILES string of the molecule is C=Cc1ccc(COc2ccc(N(c3ccc(-c4ccccc4)cc3)c3ccc(-c4ccc5c(c4)-c4cccc6cccc(c46)C5(c4ccccc4)c4ccccc4)cc3)cc2)cc1. The molecular formula is C62H45NO. The van der Waals surface area contributed by atoms with E-state index >= 15 is 0 Å². The highest BCUT2D eigenvalue weighted by molar-refractivity contribution is 6.05. The van der Waals surface area contributed by atoms with Crippen molar-refractivity contribution in [2.24, 2.45) is 0 Å². The van der Waals surface area contributed by atoms with Crippen molar-refractivity contribution in [1.29, 1.82) is 0 Å². The number of anilines is 3. The zero-order valence-electron chi connectivity index (χ0n) is 35.4. The summed E-state index contributed by atoms with van der Waals surface area (Å²) in [5.41, 5.74) is 17.3. The summed E-state index contributed by atoms with van der Waals surface area (Å²) in [6.45, 7) is 4.36. The van der Waals surface area contributed by atoms with Gasteiger partial charge in [0.1, 0.15) is 12.4 Å². The number of benzene rings is 10. The molecule has 10 aromatic rings. The van der Waals surface area contributed by atoms with Crippen LogP contribution in [0, 0.1) is 0 Å². The lowest BCUT2D eigenvalue weighted by Crippen LogP contribution is -2.33. The number of hydrogen-bond donors (Lipinski definition) is 0. The largest absolute Gasteiger partial charge is 0.489 e. The molecule has 0 atom stereocenters. The zero-order chi connectivity index (χ0) is 42.9. The minimum Gasteiger partial charge on any atom is -0.489 e. The molecule has 0 saturated carbocycles. The molecular weight excluding hydrogens is 775 g/mol. The smallest absolute Gasteiger partial charge is 0.119 e. The normalized spacial score (nSPS) is 12.3. The number of nitrogens with zero attached hydrogens (tertiary/aromatic N) is 1. The van der Waals surface area contributed by atoms with Crippen molar-refractivity contribution in [2.45, 2.75) is 12.0 Å². The molecule has 64 heavy (non-hydrogen) atoms. The highest BCUT2D eigenvalue weighted by atomic mass is 16.5. The van der Waals surface area contributed by atoms with E-state index in [0.717, 1.165) is 39.5 Å². The van der Waals surface area contributed by atoms with E-state index in [1.807, 2.05) is 6.08 Å². The van der Waals surface area contributed by atoms with E-state index in [1.165, 1.54) is 60.8 Å². The molecule has 0 radical (unpaired) electrons. The molecule has 11 rings (SSSR count). The van der Waals surface area contributed by atoms with E-state index in [1.54, 1.807) is 0 Å². The first-order valence-corrected chi connectivity index (χ1v) is 22.0. The molecule has 0 aromatic heterocycles. The van der Waals surface area contributed by atoms with Gasteiger partial charge in [-0.15, -0.1) is 0 Å². The number of ether oxygens (including phenoxy) is 1. The van der Waals surface area contributed by atoms with Crippen LogP contribution < -0.4 is 9.64 Å². The average molecular weight is 820 g/mol. The molecule has 2 heteroatoms. The Balaban J connectivity index is 0.983. The van der Waals surface area contributed by atoms with Crippen molar-refractivity contribution in [2.75, 3.05) is 4.90 Å². The summed E-state index contributed by atoms with van der Waals surface area (Å²) in [5.74, 6) is 0.820. The summed E-state index contributed by atoms with van der Waals surface area (Å²) in [6.07, 6.45) is 1.85. The van der Waals surface area contributed by atoms with E-state index in [9.17, 15) is 0 Å². The zero-order valence-corrected chi connectivity index (χ0v) is 35.4. The van der Waals surface area contributed by atoms with Crippen molar-refractivity contribution in [3.63, 3.8) is 0 Å². The maximum absolute atomic E-state index is 6.24. The molecule has 0 N–H and O–H groups in total. The van der Waals surface area contributed by atoms with Gasteiger partial charge in [0.25, 0.3) is 0 Å². The molecule has 0 amide bonds. The third kappa shape index (κ3) is 6.87. The van der Waals surface area contributed by atoms with Crippen LogP contribution in [0.5, 0.6) is 5.75 Å². The Labute approximate surface area is 375 Å². The molecule has 0 unspecified atom stereocenters. The van der Waals surface area contributed by atoms with Gasteiger partial charge in [0.15, 0.2) is 0 Å². The van der Waals surface area contributed by atoms with Gasteiger partial charge in [-0.25, -0.2) is 0 Å². The van der Waals surface area contributed by atoms with Gasteiger partial charge in [-0.2, -0.15) is 0 Å². The van der Waals surface area contributed by atoms with Gasteiger partial charge in [0.05, 0.1) is 5.41 Å². The Kier molecular flexibility index (Phi) is 10.0. The Morgan fingerprint density at radius 2 is 0.938 bits per heavy atom. The topological polar surface area (TPSA) is 12.5 Å². The van der Waals surface area contributed by atoms with Crippen LogP contribution in [-0.4, -0.2) is 0 Å². The molecule has 10 aromatic carbocycles. The third-order valence-corrected chi connectivity index (χ3v) is 12.8. The van der Waals surface area contributed by atoms with E-state index in [4.69, 9.17) is 4.74 Å². The minimum absolute atomic E-state index is 0.493. The standard InChI is InChI=1S/C62H45NO/c1-2-44-24-26-45(27-25-44)43-64-56-39-37-55(38-40-56)63(53-33-28-47(29-34-53)46-14-6-3-7-15-46)54-35-30-48(31-36-54)50-32-41-59-58(42-50)57-22-12-16-49-17-13-23-60(61(49)57)62(59,51-18-8-4-9-19-51)52-20-10-5-11-21-52/h2-42H,1,43H2. The van der Waals surface area contributed by atoms with Crippen LogP contribution in [0.15, 0.2) is 249 Å². The summed E-state index contributed by atoms with van der Waals surface area (Å²) >= 11 is 0. The number of hydrogen-bond acceptors (Lipinski definition) is 2. The summed E-state index contributed by atoms with van der Waals surface area (Å²) in [6, 6.07) is 87.8. The van der Waals surface area contributed by atoms with Crippen LogP contribution in [0.3, 0.4) is 0 Å². The van der Waals surface area contributed by atoms with Crippen molar-refractivity contribution < 1.29 is 4.74 Å². The van der Waals surface area contributed by atoms with E-state index in [2.05, 4.69) is 254 Å².